The molecule has 0 saturated carbocycles. The third kappa shape index (κ3) is 3.68. The van der Waals surface area contributed by atoms with Crippen molar-refractivity contribution in [2.75, 3.05) is 5.43 Å². The summed E-state index contributed by atoms with van der Waals surface area (Å²) in [5, 5.41) is 4.70. The topological polar surface area (TPSA) is 41.1 Å². The van der Waals surface area contributed by atoms with Gasteiger partial charge in [-0.05, 0) is 56.2 Å². The Balaban J connectivity index is 1.99. The van der Waals surface area contributed by atoms with Crippen molar-refractivity contribution in [3.63, 3.8) is 0 Å². The van der Waals surface area contributed by atoms with Gasteiger partial charge in [-0.2, -0.15) is 5.20 Å². The fraction of sp³-hybridized carbons (Fsp3) is 0.143. The molecule has 0 bridgehead atoms. The Morgan fingerprint density at radius 2 is 1.16 bits per heavy atom. The second-order valence-electron chi connectivity index (χ2n) is 6.29. The molecule has 3 rings (SSSR count). The maximum atomic E-state index is 13.9. The highest BCUT2D eigenvalue weighted by Crippen LogP contribution is 2.38. The lowest BCUT2D eigenvalue weighted by atomic mass is 10.1. The zero-order valence-electron chi connectivity index (χ0n) is 14.8. The predicted molar refractivity (Wildman–Crippen MR) is 107 cm³/mol. The van der Waals surface area contributed by atoms with Crippen molar-refractivity contribution in [2.24, 2.45) is 0 Å². The highest BCUT2D eigenvalue weighted by atomic mass is 31.2. The summed E-state index contributed by atoms with van der Waals surface area (Å²) >= 11 is 0. The molecule has 0 unspecified atom stereocenters. The normalized spacial score (nSPS) is 11.3. The number of aryl methyl sites for hydroxylation is 3. The molecule has 3 nitrogen and oxygen atoms in total. The Morgan fingerprint density at radius 3 is 1.60 bits per heavy atom. The third-order valence-corrected chi connectivity index (χ3v) is 6.73. The molecule has 25 heavy (non-hydrogen) atoms. The SMILES string of the molecule is Cc1cc(C)c(NNP(=O)(c2ccccc2)c2ccccc2)c(C)c1. The standard InChI is InChI=1S/C21H23N2OP/c1-16-14-17(2)21(18(3)15-16)22-23-25(24,19-10-6-4-7-11-19)20-12-8-5-9-13-20/h4-15,22H,1-3H3,(H,23,24). The summed E-state index contributed by atoms with van der Waals surface area (Å²) in [6.45, 7) is 6.19. The smallest absolute Gasteiger partial charge is 0.221 e. The summed E-state index contributed by atoms with van der Waals surface area (Å²) in [6.07, 6.45) is 0. The van der Waals surface area contributed by atoms with Gasteiger partial charge in [0.2, 0.25) is 7.29 Å². The van der Waals surface area contributed by atoms with Gasteiger partial charge in [0, 0.05) is 10.6 Å². The molecule has 0 aliphatic carbocycles. The van der Waals surface area contributed by atoms with E-state index in [2.05, 4.69) is 43.5 Å². The van der Waals surface area contributed by atoms with E-state index in [-0.39, 0.29) is 0 Å². The van der Waals surface area contributed by atoms with Crippen molar-refractivity contribution < 1.29 is 4.57 Å². The monoisotopic (exact) mass is 350 g/mol. The Bertz CT molecular complexity index is 841. The second-order valence-corrected chi connectivity index (χ2v) is 8.77. The summed E-state index contributed by atoms with van der Waals surface area (Å²) in [4.78, 5) is 0. The lowest BCUT2D eigenvalue weighted by Crippen LogP contribution is -2.31. The molecule has 0 aliphatic rings. The van der Waals surface area contributed by atoms with Gasteiger partial charge in [0.25, 0.3) is 0 Å². The Morgan fingerprint density at radius 1 is 0.720 bits per heavy atom. The molecule has 0 heterocycles. The van der Waals surface area contributed by atoms with E-state index in [1.165, 1.54) is 5.56 Å². The Kier molecular flexibility index (Phi) is 5.08. The van der Waals surface area contributed by atoms with Crippen molar-refractivity contribution >= 4 is 23.6 Å². The van der Waals surface area contributed by atoms with Crippen LogP contribution < -0.4 is 21.2 Å². The molecule has 0 spiro atoms. The highest BCUT2D eigenvalue weighted by molar-refractivity contribution is 7.77. The largest absolute Gasteiger partial charge is 0.315 e. The van der Waals surface area contributed by atoms with E-state index < -0.39 is 7.29 Å². The number of hydrogen-bond donors (Lipinski definition) is 2. The average molecular weight is 350 g/mol. The molecule has 128 valence electrons. The van der Waals surface area contributed by atoms with Crippen LogP contribution in [0.3, 0.4) is 0 Å². The Labute approximate surface area is 149 Å². The summed E-state index contributed by atoms with van der Waals surface area (Å²) in [5.74, 6) is 0. The summed E-state index contributed by atoms with van der Waals surface area (Å²) in [5.41, 5.74) is 7.67. The van der Waals surface area contributed by atoms with E-state index in [0.29, 0.717) is 0 Å². The van der Waals surface area contributed by atoms with Crippen molar-refractivity contribution in [3.05, 3.63) is 89.5 Å². The first-order valence-electron chi connectivity index (χ1n) is 8.33. The van der Waals surface area contributed by atoms with E-state index in [1.807, 2.05) is 60.7 Å². The van der Waals surface area contributed by atoms with Gasteiger partial charge in [-0.25, -0.2) is 0 Å². The van der Waals surface area contributed by atoms with Gasteiger partial charge >= 0.3 is 0 Å². The van der Waals surface area contributed by atoms with Crippen LogP contribution in [0.15, 0.2) is 72.8 Å². The molecule has 0 amide bonds. The maximum Gasteiger partial charge on any atom is 0.221 e. The van der Waals surface area contributed by atoms with Gasteiger partial charge in [0.05, 0.1) is 5.69 Å². The van der Waals surface area contributed by atoms with Crippen molar-refractivity contribution in [3.8, 4) is 0 Å². The van der Waals surface area contributed by atoms with Crippen LogP contribution in [0.4, 0.5) is 5.69 Å². The first kappa shape index (κ1) is 17.5. The number of nitrogens with one attached hydrogen (secondary N) is 2. The van der Waals surface area contributed by atoms with Gasteiger partial charge < -0.3 is 5.43 Å². The summed E-state index contributed by atoms with van der Waals surface area (Å²) in [7, 11) is -3.00. The summed E-state index contributed by atoms with van der Waals surface area (Å²) in [6, 6.07) is 23.3. The maximum absolute atomic E-state index is 13.9. The van der Waals surface area contributed by atoms with E-state index in [0.717, 1.165) is 27.4 Å². The van der Waals surface area contributed by atoms with E-state index in [9.17, 15) is 4.57 Å². The second kappa shape index (κ2) is 7.26. The minimum Gasteiger partial charge on any atom is -0.315 e. The van der Waals surface area contributed by atoms with Crippen molar-refractivity contribution in [1.82, 2.24) is 5.20 Å². The van der Waals surface area contributed by atoms with Crippen LogP contribution in [0.25, 0.3) is 0 Å². The van der Waals surface area contributed by atoms with E-state index in [1.54, 1.807) is 0 Å². The highest BCUT2D eigenvalue weighted by Gasteiger charge is 2.27. The van der Waals surface area contributed by atoms with E-state index in [4.69, 9.17) is 0 Å². The first-order chi connectivity index (χ1) is 12.0. The van der Waals surface area contributed by atoms with Crippen LogP contribution in [-0.4, -0.2) is 0 Å². The molecule has 2 N–H and O–H groups in total. The molecule has 0 atom stereocenters. The minimum absolute atomic E-state index is 0.774. The zero-order chi connectivity index (χ0) is 17.9. The van der Waals surface area contributed by atoms with Crippen LogP contribution in [0.2, 0.25) is 0 Å². The zero-order valence-corrected chi connectivity index (χ0v) is 15.7. The molecule has 0 fully saturated rings. The van der Waals surface area contributed by atoms with Crippen molar-refractivity contribution in [1.29, 1.82) is 0 Å². The molecule has 4 heteroatoms. The fourth-order valence-electron chi connectivity index (χ4n) is 3.07. The molecular formula is C21H23N2OP. The third-order valence-electron chi connectivity index (χ3n) is 4.25. The Hall–Kier alpha value is -2.35. The summed E-state index contributed by atoms with van der Waals surface area (Å²) < 4.78 is 13.9. The number of rotatable bonds is 5. The van der Waals surface area contributed by atoms with Gasteiger partial charge in [-0.1, -0.05) is 54.1 Å². The molecule has 0 aliphatic heterocycles. The number of hydrazine groups is 1. The molecule has 0 saturated heterocycles. The van der Waals surface area contributed by atoms with Gasteiger partial charge in [-0.3, -0.25) is 4.57 Å². The van der Waals surface area contributed by atoms with Crippen molar-refractivity contribution in [2.45, 2.75) is 20.8 Å². The average Bonchev–Trinajstić information content (AvgIpc) is 2.62. The molecule has 3 aromatic rings. The number of hydrogen-bond acceptors (Lipinski definition) is 2. The van der Waals surface area contributed by atoms with Gasteiger partial charge in [-0.15, -0.1) is 0 Å². The van der Waals surface area contributed by atoms with Crippen LogP contribution >= 0.6 is 7.29 Å². The van der Waals surface area contributed by atoms with E-state index >= 15 is 0 Å². The molecular weight excluding hydrogens is 327 g/mol. The van der Waals surface area contributed by atoms with Crippen LogP contribution in [0.1, 0.15) is 16.7 Å². The fourth-order valence-corrected chi connectivity index (χ4v) is 5.08. The lowest BCUT2D eigenvalue weighted by Gasteiger charge is -2.23. The van der Waals surface area contributed by atoms with Gasteiger partial charge in [0.15, 0.2) is 0 Å². The first-order valence-corrected chi connectivity index (χ1v) is 10.0. The quantitative estimate of drug-likeness (QED) is 0.527. The molecule has 3 aromatic carbocycles. The van der Waals surface area contributed by atoms with Gasteiger partial charge in [0.1, 0.15) is 0 Å². The lowest BCUT2D eigenvalue weighted by molar-refractivity contribution is 0.582. The number of benzene rings is 3. The minimum atomic E-state index is -3.00. The van der Waals surface area contributed by atoms with Crippen LogP contribution in [-0.2, 0) is 4.57 Å². The van der Waals surface area contributed by atoms with Crippen LogP contribution in [0.5, 0.6) is 0 Å². The molecule has 0 radical (unpaired) electrons. The van der Waals surface area contributed by atoms with Crippen LogP contribution in [0, 0.1) is 20.8 Å². The predicted octanol–water partition coefficient (Wildman–Crippen LogP) is 4.46. The molecule has 0 aromatic heterocycles. The number of anilines is 1.